The van der Waals surface area contributed by atoms with Crippen LogP contribution in [0.2, 0.25) is 0 Å². The molecule has 20 heavy (non-hydrogen) atoms. The zero-order chi connectivity index (χ0) is 13.9. The van der Waals surface area contributed by atoms with Gasteiger partial charge in [0.25, 0.3) is 5.56 Å². The number of H-pyrrole nitrogens is 1. The van der Waals surface area contributed by atoms with Crippen molar-refractivity contribution in [1.82, 2.24) is 15.0 Å². The molecule has 6 heteroatoms. The molecule has 0 aliphatic heterocycles. The van der Waals surface area contributed by atoms with Crippen LogP contribution in [0, 0.1) is 11.3 Å². The molecule has 3 aromatic rings. The van der Waals surface area contributed by atoms with E-state index in [0.717, 1.165) is 10.9 Å². The van der Waals surface area contributed by atoms with Gasteiger partial charge in [-0.3, -0.25) is 4.79 Å². The number of aromatic amines is 1. The van der Waals surface area contributed by atoms with Crippen molar-refractivity contribution in [2.45, 2.75) is 10.2 Å². The third-order valence-electron chi connectivity index (χ3n) is 2.65. The Morgan fingerprint density at radius 3 is 2.90 bits per heavy atom. The van der Waals surface area contributed by atoms with Crippen molar-refractivity contribution in [3.05, 3.63) is 58.5 Å². The molecule has 0 aliphatic rings. The number of nitrogens with one attached hydrogen (secondary N) is 1. The predicted octanol–water partition coefficient (Wildman–Crippen LogP) is 2.34. The minimum Gasteiger partial charge on any atom is -0.301 e. The van der Waals surface area contributed by atoms with E-state index in [2.05, 4.69) is 21.0 Å². The fraction of sp³-hybridized carbons (Fsp3) is 0. The average molecular weight is 280 g/mol. The molecule has 0 fully saturated rings. The molecule has 0 atom stereocenters. The van der Waals surface area contributed by atoms with E-state index in [-0.39, 0.29) is 5.56 Å². The van der Waals surface area contributed by atoms with Crippen molar-refractivity contribution < 1.29 is 0 Å². The van der Waals surface area contributed by atoms with Crippen LogP contribution in [0.4, 0.5) is 0 Å². The summed E-state index contributed by atoms with van der Waals surface area (Å²) in [7, 11) is 0. The second-order valence-electron chi connectivity index (χ2n) is 3.99. The first-order valence-corrected chi connectivity index (χ1v) is 6.61. The van der Waals surface area contributed by atoms with Gasteiger partial charge in [-0.15, -0.1) is 0 Å². The number of aromatic nitrogens is 3. The number of para-hydroxylation sites is 1. The Morgan fingerprint density at radius 1 is 1.25 bits per heavy atom. The Bertz CT molecular complexity index is 882. The van der Waals surface area contributed by atoms with Gasteiger partial charge in [0.15, 0.2) is 5.16 Å². The first-order chi connectivity index (χ1) is 9.76. The molecule has 0 saturated carbocycles. The first kappa shape index (κ1) is 12.4. The van der Waals surface area contributed by atoms with Gasteiger partial charge < -0.3 is 4.98 Å². The summed E-state index contributed by atoms with van der Waals surface area (Å²) in [6.45, 7) is 0. The van der Waals surface area contributed by atoms with Gasteiger partial charge in [-0.2, -0.15) is 5.26 Å². The average Bonchev–Trinajstić information content (AvgIpc) is 2.46. The SMILES string of the molecule is N#Cc1cc2ccccc2nc1Sc1nccc(=O)[nH]1. The maximum absolute atomic E-state index is 11.3. The van der Waals surface area contributed by atoms with Gasteiger partial charge in [-0.05, 0) is 23.9 Å². The smallest absolute Gasteiger partial charge is 0.251 e. The fourth-order valence-corrected chi connectivity index (χ4v) is 2.56. The largest absolute Gasteiger partial charge is 0.301 e. The summed E-state index contributed by atoms with van der Waals surface area (Å²) < 4.78 is 0. The number of fused-ring (bicyclic) bond motifs is 1. The molecule has 3 rings (SSSR count). The van der Waals surface area contributed by atoms with Crippen molar-refractivity contribution in [2.75, 3.05) is 0 Å². The second-order valence-corrected chi connectivity index (χ2v) is 4.96. The number of hydrogen-bond donors (Lipinski definition) is 1. The zero-order valence-corrected chi connectivity index (χ0v) is 11.0. The molecule has 0 saturated heterocycles. The fourth-order valence-electron chi connectivity index (χ4n) is 1.75. The second kappa shape index (κ2) is 5.15. The lowest BCUT2D eigenvalue weighted by Crippen LogP contribution is -2.05. The van der Waals surface area contributed by atoms with Gasteiger partial charge in [0.2, 0.25) is 0 Å². The molecule has 5 nitrogen and oxygen atoms in total. The maximum Gasteiger partial charge on any atom is 0.251 e. The Kier molecular flexibility index (Phi) is 3.19. The van der Waals surface area contributed by atoms with E-state index in [9.17, 15) is 10.1 Å². The van der Waals surface area contributed by atoms with E-state index in [0.29, 0.717) is 15.7 Å². The number of nitrogens with zero attached hydrogens (tertiary/aromatic N) is 3. The molecule has 0 aliphatic carbocycles. The van der Waals surface area contributed by atoms with Gasteiger partial charge in [-0.1, -0.05) is 18.2 Å². The van der Waals surface area contributed by atoms with Crippen LogP contribution in [0.15, 0.2) is 57.6 Å². The van der Waals surface area contributed by atoms with Crippen LogP contribution < -0.4 is 5.56 Å². The Hall–Kier alpha value is -2.65. The van der Waals surface area contributed by atoms with Crippen LogP contribution in [-0.2, 0) is 0 Å². The van der Waals surface area contributed by atoms with E-state index < -0.39 is 0 Å². The molecule has 0 spiro atoms. The minimum atomic E-state index is -0.234. The topological polar surface area (TPSA) is 82.4 Å². The monoisotopic (exact) mass is 280 g/mol. The summed E-state index contributed by atoms with van der Waals surface area (Å²) in [4.78, 5) is 22.4. The minimum absolute atomic E-state index is 0.234. The Labute approximate surface area is 118 Å². The van der Waals surface area contributed by atoms with Crippen LogP contribution in [0.5, 0.6) is 0 Å². The summed E-state index contributed by atoms with van der Waals surface area (Å²) in [5, 5.41) is 11.1. The van der Waals surface area contributed by atoms with Crippen LogP contribution in [0.25, 0.3) is 10.9 Å². The predicted molar refractivity (Wildman–Crippen MR) is 75.4 cm³/mol. The van der Waals surface area contributed by atoms with Gasteiger partial charge in [-0.25, -0.2) is 9.97 Å². The highest BCUT2D eigenvalue weighted by Crippen LogP contribution is 2.27. The lowest BCUT2D eigenvalue weighted by molar-refractivity contribution is 0.932. The van der Waals surface area contributed by atoms with Crippen LogP contribution in [0.1, 0.15) is 5.56 Å². The molecular weight excluding hydrogens is 272 g/mol. The number of benzene rings is 1. The van der Waals surface area contributed by atoms with Gasteiger partial charge in [0.1, 0.15) is 11.1 Å². The van der Waals surface area contributed by atoms with Gasteiger partial charge in [0.05, 0.1) is 11.1 Å². The number of hydrogen-bond acceptors (Lipinski definition) is 5. The van der Waals surface area contributed by atoms with E-state index in [1.54, 1.807) is 6.07 Å². The third-order valence-corrected chi connectivity index (χ3v) is 3.56. The summed E-state index contributed by atoms with van der Waals surface area (Å²) in [6, 6.07) is 12.8. The molecule has 96 valence electrons. The third kappa shape index (κ3) is 2.39. The van der Waals surface area contributed by atoms with Gasteiger partial charge in [0, 0.05) is 17.6 Å². The molecule has 2 heterocycles. The molecule has 2 aromatic heterocycles. The summed E-state index contributed by atoms with van der Waals surface area (Å²) in [5.41, 5.74) is 1.02. The summed E-state index contributed by atoms with van der Waals surface area (Å²) in [6.07, 6.45) is 1.42. The number of pyridine rings is 1. The molecular formula is C14H8N4OS. The van der Waals surface area contributed by atoms with Gasteiger partial charge >= 0.3 is 0 Å². The summed E-state index contributed by atoms with van der Waals surface area (Å²) in [5.74, 6) is 0. The molecule has 1 N–H and O–H groups in total. The highest BCUT2D eigenvalue weighted by molar-refractivity contribution is 7.99. The summed E-state index contributed by atoms with van der Waals surface area (Å²) >= 11 is 1.17. The quantitative estimate of drug-likeness (QED) is 0.728. The lowest BCUT2D eigenvalue weighted by Gasteiger charge is -2.04. The van der Waals surface area contributed by atoms with Crippen molar-refractivity contribution >= 4 is 22.7 Å². The van der Waals surface area contributed by atoms with Crippen LogP contribution in [-0.4, -0.2) is 15.0 Å². The molecule has 1 aromatic carbocycles. The van der Waals surface area contributed by atoms with Crippen molar-refractivity contribution in [1.29, 1.82) is 5.26 Å². The Morgan fingerprint density at radius 2 is 2.10 bits per heavy atom. The highest BCUT2D eigenvalue weighted by atomic mass is 32.2. The normalized spacial score (nSPS) is 10.3. The molecule has 0 bridgehead atoms. The first-order valence-electron chi connectivity index (χ1n) is 5.79. The number of rotatable bonds is 2. The lowest BCUT2D eigenvalue weighted by atomic mass is 10.2. The van der Waals surface area contributed by atoms with E-state index in [1.807, 2.05) is 24.3 Å². The molecule has 0 unspecified atom stereocenters. The Balaban J connectivity index is 2.11. The van der Waals surface area contributed by atoms with Crippen LogP contribution >= 0.6 is 11.8 Å². The highest BCUT2D eigenvalue weighted by Gasteiger charge is 2.09. The van der Waals surface area contributed by atoms with Crippen LogP contribution in [0.3, 0.4) is 0 Å². The zero-order valence-electron chi connectivity index (χ0n) is 10.2. The van der Waals surface area contributed by atoms with Crippen molar-refractivity contribution in [2.24, 2.45) is 0 Å². The van der Waals surface area contributed by atoms with Crippen molar-refractivity contribution in [3.8, 4) is 6.07 Å². The van der Waals surface area contributed by atoms with E-state index in [1.165, 1.54) is 24.0 Å². The van der Waals surface area contributed by atoms with E-state index >= 15 is 0 Å². The maximum atomic E-state index is 11.3. The molecule has 0 radical (unpaired) electrons. The van der Waals surface area contributed by atoms with Crippen molar-refractivity contribution in [3.63, 3.8) is 0 Å². The number of nitriles is 1. The van der Waals surface area contributed by atoms with E-state index in [4.69, 9.17) is 0 Å². The standard InChI is InChI=1S/C14H8N4OS/c15-8-10-7-9-3-1-2-4-11(9)17-13(10)20-14-16-6-5-12(19)18-14/h1-7H,(H,16,18,19). The molecule has 0 amide bonds.